The second kappa shape index (κ2) is 3.94. The summed E-state index contributed by atoms with van der Waals surface area (Å²) in [7, 11) is 3.53. The van der Waals surface area contributed by atoms with Crippen LogP contribution in [0.25, 0.3) is 0 Å². The molecule has 2 atom stereocenters. The summed E-state index contributed by atoms with van der Waals surface area (Å²) in [4.78, 5) is 0. The largest absolute Gasteiger partial charge is 0.381 e. The molecule has 1 fully saturated rings. The summed E-state index contributed by atoms with van der Waals surface area (Å²) in [5, 5.41) is 0. The van der Waals surface area contributed by atoms with Gasteiger partial charge in [0, 0.05) is 14.2 Å². The van der Waals surface area contributed by atoms with Crippen molar-refractivity contribution in [1.82, 2.24) is 0 Å². The maximum absolute atomic E-state index is 5.20. The van der Waals surface area contributed by atoms with Gasteiger partial charge < -0.3 is 9.47 Å². The fraction of sp³-hybridized carbons (Fsp3) is 0.875. The number of ether oxygens (including phenoxy) is 2. The highest BCUT2D eigenvalue weighted by molar-refractivity contribution is 4.86. The maximum Gasteiger partial charge on any atom is 0.0605 e. The molecule has 2 unspecified atom stereocenters. The highest BCUT2D eigenvalue weighted by atomic mass is 16.5. The van der Waals surface area contributed by atoms with Crippen LogP contribution in [0.15, 0.2) is 0 Å². The molecule has 0 aromatic carbocycles. The van der Waals surface area contributed by atoms with Gasteiger partial charge in [0.25, 0.3) is 0 Å². The highest BCUT2D eigenvalue weighted by Crippen LogP contribution is 2.21. The summed E-state index contributed by atoms with van der Waals surface area (Å²) in [6.45, 7) is 0. The van der Waals surface area contributed by atoms with Crippen LogP contribution in [0, 0.1) is 6.42 Å². The lowest BCUT2D eigenvalue weighted by Gasteiger charge is -2.25. The Bertz CT molecular complexity index is 73.3. The third kappa shape index (κ3) is 1.96. The predicted octanol–water partition coefficient (Wildman–Crippen LogP) is 1.40. The zero-order valence-corrected chi connectivity index (χ0v) is 6.67. The normalized spacial score (nSPS) is 34.2. The van der Waals surface area contributed by atoms with Crippen LogP contribution in [0.5, 0.6) is 0 Å². The van der Waals surface area contributed by atoms with Gasteiger partial charge in [-0.25, -0.2) is 0 Å². The average Bonchev–Trinajstić information content (AvgIpc) is 2.05. The minimum atomic E-state index is 0.367. The van der Waals surface area contributed by atoms with Crippen LogP contribution in [0.1, 0.15) is 19.3 Å². The first-order valence-electron chi connectivity index (χ1n) is 3.75. The zero-order valence-electron chi connectivity index (χ0n) is 6.67. The fourth-order valence-corrected chi connectivity index (χ4v) is 1.32. The van der Waals surface area contributed by atoms with E-state index in [-0.39, 0.29) is 0 Å². The van der Waals surface area contributed by atoms with Crippen LogP contribution in [-0.2, 0) is 9.47 Å². The first-order valence-corrected chi connectivity index (χ1v) is 3.75. The molecule has 0 heterocycles. The van der Waals surface area contributed by atoms with Crippen LogP contribution < -0.4 is 0 Å². The Hall–Kier alpha value is -0.0800. The van der Waals surface area contributed by atoms with E-state index >= 15 is 0 Å². The minimum Gasteiger partial charge on any atom is -0.381 e. The molecule has 0 aliphatic heterocycles. The van der Waals surface area contributed by atoms with Gasteiger partial charge in [-0.15, -0.1) is 0 Å². The Kier molecular flexibility index (Phi) is 3.16. The predicted molar refractivity (Wildman–Crippen MR) is 39.7 cm³/mol. The Labute approximate surface area is 62.5 Å². The van der Waals surface area contributed by atoms with E-state index in [1.54, 1.807) is 14.2 Å². The maximum atomic E-state index is 5.20. The van der Waals surface area contributed by atoms with Crippen molar-refractivity contribution in [2.75, 3.05) is 14.2 Å². The molecule has 10 heavy (non-hydrogen) atoms. The average molecular weight is 143 g/mol. The van der Waals surface area contributed by atoms with Crippen molar-refractivity contribution in [3.63, 3.8) is 0 Å². The van der Waals surface area contributed by atoms with Gasteiger partial charge in [-0.05, 0) is 25.7 Å². The third-order valence-electron chi connectivity index (χ3n) is 2.07. The van der Waals surface area contributed by atoms with E-state index in [0.29, 0.717) is 12.2 Å². The zero-order chi connectivity index (χ0) is 7.40. The first-order chi connectivity index (χ1) is 4.86. The van der Waals surface area contributed by atoms with Crippen LogP contribution in [0.4, 0.5) is 0 Å². The van der Waals surface area contributed by atoms with E-state index in [9.17, 15) is 0 Å². The van der Waals surface area contributed by atoms with Gasteiger partial charge in [-0.2, -0.15) is 0 Å². The fourth-order valence-electron chi connectivity index (χ4n) is 1.32. The van der Waals surface area contributed by atoms with Crippen molar-refractivity contribution in [1.29, 1.82) is 0 Å². The van der Waals surface area contributed by atoms with Gasteiger partial charge >= 0.3 is 0 Å². The summed E-state index contributed by atoms with van der Waals surface area (Å²) in [6.07, 6.45) is 6.27. The lowest BCUT2D eigenvalue weighted by Crippen LogP contribution is -2.25. The van der Waals surface area contributed by atoms with Crippen molar-refractivity contribution in [2.45, 2.75) is 31.5 Å². The van der Waals surface area contributed by atoms with Crippen molar-refractivity contribution in [3.8, 4) is 0 Å². The van der Waals surface area contributed by atoms with Gasteiger partial charge in [0.15, 0.2) is 0 Å². The first kappa shape index (κ1) is 8.02. The summed E-state index contributed by atoms with van der Waals surface area (Å²) in [5.74, 6) is 0. The van der Waals surface area contributed by atoms with Crippen LogP contribution in [-0.4, -0.2) is 26.4 Å². The molecular weight excluding hydrogens is 128 g/mol. The van der Waals surface area contributed by atoms with Gasteiger partial charge in [-0.1, -0.05) is 0 Å². The second-order valence-corrected chi connectivity index (χ2v) is 2.68. The summed E-state index contributed by atoms with van der Waals surface area (Å²) < 4.78 is 10.4. The molecule has 0 aromatic rings. The molecule has 0 spiro atoms. The summed E-state index contributed by atoms with van der Waals surface area (Å²) >= 11 is 0. The monoisotopic (exact) mass is 143 g/mol. The molecular formula is C8H15O2. The van der Waals surface area contributed by atoms with Crippen molar-refractivity contribution >= 4 is 0 Å². The standard InChI is InChI=1S/C8H15O2/c1-9-7-3-5-8(10-2)6-4-7/h3,7-8H,4-6H2,1-2H3. The molecule has 0 amide bonds. The van der Waals surface area contributed by atoms with Gasteiger partial charge in [-0.3, -0.25) is 0 Å². The topological polar surface area (TPSA) is 18.5 Å². The molecule has 0 aromatic heterocycles. The summed E-state index contributed by atoms with van der Waals surface area (Å²) in [5.41, 5.74) is 0. The second-order valence-electron chi connectivity index (χ2n) is 2.68. The Balaban J connectivity index is 2.17. The molecule has 1 saturated carbocycles. The van der Waals surface area contributed by atoms with Crippen molar-refractivity contribution in [2.24, 2.45) is 0 Å². The van der Waals surface area contributed by atoms with E-state index in [0.717, 1.165) is 19.3 Å². The van der Waals surface area contributed by atoms with Gasteiger partial charge in [0.1, 0.15) is 0 Å². The smallest absolute Gasteiger partial charge is 0.0605 e. The Morgan fingerprint density at radius 2 is 2.00 bits per heavy atom. The number of hydrogen-bond donors (Lipinski definition) is 0. The Morgan fingerprint density at radius 1 is 1.20 bits per heavy atom. The molecule has 0 N–H and O–H groups in total. The molecule has 1 rings (SSSR count). The lowest BCUT2D eigenvalue weighted by atomic mass is 9.95. The van der Waals surface area contributed by atoms with Crippen LogP contribution in [0.3, 0.4) is 0 Å². The molecule has 2 nitrogen and oxygen atoms in total. The molecule has 0 saturated heterocycles. The SMILES string of the molecule is COC1[CH]CC(OC)CC1. The summed E-state index contributed by atoms with van der Waals surface area (Å²) in [6, 6.07) is 0. The minimum absolute atomic E-state index is 0.367. The van der Waals surface area contributed by atoms with Crippen LogP contribution in [0.2, 0.25) is 0 Å². The molecule has 59 valence electrons. The van der Waals surface area contributed by atoms with E-state index < -0.39 is 0 Å². The number of rotatable bonds is 2. The quantitative estimate of drug-likeness (QED) is 0.581. The van der Waals surface area contributed by atoms with Crippen molar-refractivity contribution in [3.05, 3.63) is 6.42 Å². The van der Waals surface area contributed by atoms with E-state index in [1.807, 2.05) is 0 Å². The molecule has 1 aliphatic rings. The van der Waals surface area contributed by atoms with Gasteiger partial charge in [0.2, 0.25) is 0 Å². The van der Waals surface area contributed by atoms with Crippen molar-refractivity contribution < 1.29 is 9.47 Å². The molecule has 1 aliphatic carbocycles. The van der Waals surface area contributed by atoms with E-state index in [2.05, 4.69) is 6.42 Å². The molecule has 1 radical (unpaired) electrons. The third-order valence-corrected chi connectivity index (χ3v) is 2.07. The number of methoxy groups -OCH3 is 2. The molecule has 0 bridgehead atoms. The van der Waals surface area contributed by atoms with Crippen LogP contribution >= 0.6 is 0 Å². The lowest BCUT2D eigenvalue weighted by molar-refractivity contribution is 0.0334. The highest BCUT2D eigenvalue weighted by Gasteiger charge is 2.19. The van der Waals surface area contributed by atoms with Gasteiger partial charge in [0.05, 0.1) is 12.2 Å². The number of hydrogen-bond acceptors (Lipinski definition) is 2. The van der Waals surface area contributed by atoms with E-state index in [4.69, 9.17) is 9.47 Å². The molecule has 2 heteroatoms. The Morgan fingerprint density at radius 3 is 2.40 bits per heavy atom. The van der Waals surface area contributed by atoms with E-state index in [1.165, 1.54) is 0 Å².